The molecule has 0 aromatic rings. The zero-order valence-electron chi connectivity index (χ0n) is 16.5. The third-order valence-corrected chi connectivity index (χ3v) is 8.98. The van der Waals surface area contributed by atoms with E-state index < -0.39 is 0 Å². The summed E-state index contributed by atoms with van der Waals surface area (Å²) in [6.45, 7) is 8.27. The number of hydrogen-bond acceptors (Lipinski definition) is 3. The summed E-state index contributed by atoms with van der Waals surface area (Å²) in [6.07, 6.45) is 10.4. The highest BCUT2D eigenvalue weighted by Crippen LogP contribution is 2.66. The minimum atomic E-state index is -0.370. The molecule has 0 aliphatic heterocycles. The van der Waals surface area contributed by atoms with Crippen molar-refractivity contribution in [3.8, 4) is 0 Å². The normalized spacial score (nSPS) is 48.3. The van der Waals surface area contributed by atoms with Crippen molar-refractivity contribution in [1.82, 2.24) is 0 Å². The Morgan fingerprint density at radius 1 is 1.23 bits per heavy atom. The first-order valence-electron chi connectivity index (χ1n) is 10.3. The second-order valence-corrected chi connectivity index (χ2v) is 9.80. The molecule has 0 amide bonds. The second kappa shape index (κ2) is 5.89. The topological polar surface area (TPSA) is 54.4 Å². The molecule has 142 valence electrons. The number of hydrogen-bond donors (Lipinski definition) is 1. The third kappa shape index (κ3) is 2.28. The van der Waals surface area contributed by atoms with Gasteiger partial charge in [-0.25, -0.2) is 0 Å². The first-order chi connectivity index (χ1) is 12.2. The summed E-state index contributed by atoms with van der Waals surface area (Å²) >= 11 is 0. The molecule has 4 rings (SSSR count). The minimum absolute atomic E-state index is 0.0260. The van der Waals surface area contributed by atoms with E-state index in [0.29, 0.717) is 17.8 Å². The Labute approximate surface area is 156 Å². The maximum atomic E-state index is 12.1. The summed E-state index contributed by atoms with van der Waals surface area (Å²) in [6, 6.07) is 0. The number of aliphatic hydroxyl groups excluding tert-OH is 1. The van der Waals surface area contributed by atoms with E-state index in [0.717, 1.165) is 32.1 Å². The van der Waals surface area contributed by atoms with Crippen LogP contribution in [0.25, 0.3) is 0 Å². The Kier molecular flexibility index (Phi) is 4.11. The molecule has 0 bridgehead atoms. The Balaban J connectivity index is 1.70. The van der Waals surface area contributed by atoms with E-state index >= 15 is 0 Å². The van der Waals surface area contributed by atoms with Crippen molar-refractivity contribution in [3.63, 3.8) is 0 Å². The summed E-state index contributed by atoms with van der Waals surface area (Å²) in [4.78, 5) is 23.9. The second-order valence-electron chi connectivity index (χ2n) is 9.80. The van der Waals surface area contributed by atoms with E-state index in [4.69, 9.17) is 0 Å². The molecule has 26 heavy (non-hydrogen) atoms. The molecule has 3 nitrogen and oxygen atoms in total. The van der Waals surface area contributed by atoms with Crippen LogP contribution in [-0.2, 0) is 9.59 Å². The van der Waals surface area contributed by atoms with Crippen LogP contribution in [0, 0.1) is 40.4 Å². The largest absolute Gasteiger partial charge is 0.393 e. The van der Waals surface area contributed by atoms with Crippen LogP contribution >= 0.6 is 0 Å². The van der Waals surface area contributed by atoms with E-state index in [2.05, 4.69) is 26.8 Å². The molecule has 3 fully saturated rings. The molecule has 3 heteroatoms. The highest BCUT2D eigenvalue weighted by molar-refractivity contribution is 6.01. The maximum Gasteiger partial charge on any atom is 0.178 e. The van der Waals surface area contributed by atoms with E-state index in [1.54, 1.807) is 13.0 Å². The van der Waals surface area contributed by atoms with Crippen molar-refractivity contribution in [2.45, 2.75) is 65.9 Å². The molecule has 1 N–H and O–H groups in total. The van der Waals surface area contributed by atoms with Crippen LogP contribution in [0.1, 0.15) is 59.8 Å². The van der Waals surface area contributed by atoms with Crippen molar-refractivity contribution in [2.75, 3.05) is 0 Å². The van der Waals surface area contributed by atoms with Crippen LogP contribution < -0.4 is 0 Å². The van der Waals surface area contributed by atoms with E-state index in [9.17, 15) is 14.7 Å². The standard InChI is InChI=1S/C23H32O3/c1-13(14(2)24)18-7-8-19-17-6-5-15-11-16(25)9-10-22(15,3)20(17)12-21(26)23(18,19)4/h9-11,13,17-21,26H,5-8,12H2,1-4H3. The van der Waals surface area contributed by atoms with E-state index in [1.807, 2.05) is 6.08 Å². The Bertz CT molecular complexity index is 704. The summed E-state index contributed by atoms with van der Waals surface area (Å²) in [5, 5.41) is 11.3. The molecule has 0 radical (unpaired) electrons. The number of rotatable bonds is 2. The van der Waals surface area contributed by atoms with Gasteiger partial charge in [0.2, 0.25) is 0 Å². The number of Topliss-reactive ketones (excluding diaryl/α,β-unsaturated/α-hetero) is 1. The molecular weight excluding hydrogens is 324 g/mol. The van der Waals surface area contributed by atoms with Gasteiger partial charge in [0, 0.05) is 16.7 Å². The summed E-state index contributed by atoms with van der Waals surface area (Å²) in [5.74, 6) is 2.12. The fourth-order valence-corrected chi connectivity index (χ4v) is 7.30. The molecule has 8 unspecified atom stereocenters. The lowest BCUT2D eigenvalue weighted by Crippen LogP contribution is -2.56. The van der Waals surface area contributed by atoms with Crippen molar-refractivity contribution < 1.29 is 14.7 Å². The molecule has 0 saturated heterocycles. The monoisotopic (exact) mass is 356 g/mol. The van der Waals surface area contributed by atoms with Crippen LogP contribution in [0.4, 0.5) is 0 Å². The van der Waals surface area contributed by atoms with Crippen molar-refractivity contribution in [2.24, 2.45) is 40.4 Å². The Morgan fingerprint density at radius 2 is 1.96 bits per heavy atom. The van der Waals surface area contributed by atoms with Gasteiger partial charge in [-0.2, -0.15) is 0 Å². The number of carbonyl (C=O) groups excluding carboxylic acids is 2. The molecule has 8 atom stereocenters. The predicted molar refractivity (Wildman–Crippen MR) is 101 cm³/mol. The average Bonchev–Trinajstić information content (AvgIpc) is 2.94. The van der Waals surface area contributed by atoms with Crippen LogP contribution in [0.2, 0.25) is 0 Å². The molecular formula is C23H32O3. The number of allylic oxidation sites excluding steroid dienone is 4. The number of fused-ring (bicyclic) bond motifs is 5. The van der Waals surface area contributed by atoms with Crippen molar-refractivity contribution >= 4 is 11.6 Å². The Morgan fingerprint density at radius 3 is 2.65 bits per heavy atom. The lowest BCUT2D eigenvalue weighted by Gasteiger charge is -2.59. The molecule has 0 heterocycles. The first kappa shape index (κ1) is 18.2. The van der Waals surface area contributed by atoms with Crippen molar-refractivity contribution in [1.29, 1.82) is 0 Å². The zero-order valence-corrected chi connectivity index (χ0v) is 16.5. The summed E-state index contributed by atoms with van der Waals surface area (Å²) < 4.78 is 0. The molecule has 0 aromatic carbocycles. The van der Waals surface area contributed by atoms with Gasteiger partial charge in [-0.3, -0.25) is 9.59 Å². The third-order valence-electron chi connectivity index (χ3n) is 8.98. The molecule has 4 aliphatic carbocycles. The number of ketones is 2. The summed E-state index contributed by atoms with van der Waals surface area (Å²) in [7, 11) is 0. The van der Waals surface area contributed by atoms with Gasteiger partial charge in [0.25, 0.3) is 0 Å². The Hall–Kier alpha value is -1.22. The lowest BCUT2D eigenvalue weighted by molar-refractivity contribution is -0.141. The van der Waals surface area contributed by atoms with Gasteiger partial charge in [-0.15, -0.1) is 0 Å². The van der Waals surface area contributed by atoms with E-state index in [-0.39, 0.29) is 40.3 Å². The van der Waals surface area contributed by atoms with E-state index in [1.165, 1.54) is 5.57 Å². The predicted octanol–water partition coefficient (Wildman–Crippen LogP) is 4.11. The SMILES string of the molecule is CC(=O)C(C)C1CCC2C3CCC4=CC(=O)C=CC4(C)C3CC(O)C12C. The van der Waals surface area contributed by atoms with Crippen LogP contribution in [0.5, 0.6) is 0 Å². The number of aliphatic hydroxyl groups is 1. The molecule has 0 aromatic heterocycles. The van der Waals surface area contributed by atoms with Gasteiger partial charge < -0.3 is 5.11 Å². The van der Waals surface area contributed by atoms with Gasteiger partial charge >= 0.3 is 0 Å². The quantitative estimate of drug-likeness (QED) is 0.810. The van der Waals surface area contributed by atoms with Crippen LogP contribution in [-0.4, -0.2) is 22.8 Å². The minimum Gasteiger partial charge on any atom is -0.393 e. The van der Waals surface area contributed by atoms with Gasteiger partial charge in [-0.1, -0.05) is 32.4 Å². The fourth-order valence-electron chi connectivity index (χ4n) is 7.30. The smallest absolute Gasteiger partial charge is 0.178 e. The highest BCUT2D eigenvalue weighted by Gasteiger charge is 2.62. The summed E-state index contributed by atoms with van der Waals surface area (Å²) in [5.41, 5.74) is 1.01. The molecule has 0 spiro atoms. The van der Waals surface area contributed by atoms with Crippen LogP contribution in [0.3, 0.4) is 0 Å². The van der Waals surface area contributed by atoms with Gasteiger partial charge in [0.1, 0.15) is 5.78 Å². The van der Waals surface area contributed by atoms with Gasteiger partial charge in [0.05, 0.1) is 6.10 Å². The number of carbonyl (C=O) groups is 2. The average molecular weight is 357 g/mol. The van der Waals surface area contributed by atoms with Gasteiger partial charge in [0.15, 0.2) is 5.78 Å². The zero-order chi connectivity index (χ0) is 18.9. The maximum absolute atomic E-state index is 12.1. The molecule has 4 aliphatic rings. The van der Waals surface area contributed by atoms with Crippen LogP contribution in [0.15, 0.2) is 23.8 Å². The molecule has 3 saturated carbocycles. The van der Waals surface area contributed by atoms with Crippen molar-refractivity contribution in [3.05, 3.63) is 23.8 Å². The highest BCUT2D eigenvalue weighted by atomic mass is 16.3. The first-order valence-corrected chi connectivity index (χ1v) is 10.3. The lowest BCUT2D eigenvalue weighted by atomic mass is 9.46. The van der Waals surface area contributed by atoms with Gasteiger partial charge in [-0.05, 0) is 74.9 Å². The fraction of sp³-hybridized carbons (Fsp3) is 0.739.